The van der Waals surface area contributed by atoms with Crippen molar-refractivity contribution >= 4 is 21.6 Å². The second kappa shape index (κ2) is 9.15. The fourth-order valence-electron chi connectivity index (χ4n) is 3.56. The van der Waals surface area contributed by atoms with E-state index in [-0.39, 0.29) is 22.4 Å². The lowest BCUT2D eigenvalue weighted by Crippen LogP contribution is -2.27. The van der Waals surface area contributed by atoms with Gasteiger partial charge in [-0.1, -0.05) is 29.8 Å². The van der Waals surface area contributed by atoms with E-state index in [1.165, 1.54) is 6.07 Å². The summed E-state index contributed by atoms with van der Waals surface area (Å²) in [5.41, 5.74) is 3.15. The third-order valence-electron chi connectivity index (χ3n) is 5.46. The lowest BCUT2D eigenvalue weighted by atomic mass is 10.1. The van der Waals surface area contributed by atoms with E-state index in [4.69, 9.17) is 9.47 Å². The Kier molecular flexibility index (Phi) is 6.29. The van der Waals surface area contributed by atoms with Crippen molar-refractivity contribution in [3.63, 3.8) is 0 Å². The van der Waals surface area contributed by atoms with Crippen LogP contribution < -0.4 is 19.5 Å². The summed E-state index contributed by atoms with van der Waals surface area (Å²) >= 11 is 0. The molecule has 0 aliphatic carbocycles. The molecule has 0 aromatic heterocycles. The number of benzene rings is 3. The molecule has 4 rings (SSSR count). The van der Waals surface area contributed by atoms with E-state index in [9.17, 15) is 13.2 Å². The molecule has 172 valence electrons. The molecule has 0 saturated heterocycles. The lowest BCUT2D eigenvalue weighted by molar-refractivity contribution is 0.0939. The van der Waals surface area contributed by atoms with Crippen LogP contribution in [0.2, 0.25) is 0 Å². The number of nitrogens with one attached hydrogen (secondary N) is 2. The van der Waals surface area contributed by atoms with E-state index in [0.717, 1.165) is 11.1 Å². The molecule has 3 aromatic carbocycles. The zero-order valence-corrected chi connectivity index (χ0v) is 19.5. The average Bonchev–Trinajstić information content (AvgIpc) is 2.80. The molecular weight excluding hydrogens is 440 g/mol. The number of carbonyl (C=O) groups excluding carboxylic acids is 1. The van der Waals surface area contributed by atoms with Crippen molar-refractivity contribution in [3.05, 3.63) is 82.9 Å². The van der Waals surface area contributed by atoms with E-state index >= 15 is 0 Å². The Labute approximate surface area is 193 Å². The molecule has 1 aliphatic rings. The maximum absolute atomic E-state index is 13.0. The number of amides is 1. The first kappa shape index (κ1) is 22.7. The van der Waals surface area contributed by atoms with Crippen molar-refractivity contribution in [2.24, 2.45) is 0 Å². The van der Waals surface area contributed by atoms with Gasteiger partial charge >= 0.3 is 0 Å². The van der Waals surface area contributed by atoms with Gasteiger partial charge in [0.05, 0.1) is 10.9 Å². The minimum Gasteiger partial charge on any atom is -0.486 e. The summed E-state index contributed by atoms with van der Waals surface area (Å²) in [4.78, 5) is 13.0. The van der Waals surface area contributed by atoms with Crippen molar-refractivity contribution < 1.29 is 22.7 Å². The summed E-state index contributed by atoms with van der Waals surface area (Å²) in [5, 5.41) is 2.92. The summed E-state index contributed by atoms with van der Waals surface area (Å²) in [5.74, 6) is 0.952. The first-order chi connectivity index (χ1) is 15.7. The number of hydrogen-bond acceptors (Lipinski definition) is 5. The Bertz CT molecular complexity index is 1290. The molecule has 2 N–H and O–H groups in total. The van der Waals surface area contributed by atoms with Gasteiger partial charge in [0.25, 0.3) is 15.9 Å². The molecule has 8 heteroatoms. The molecule has 0 saturated carbocycles. The highest BCUT2D eigenvalue weighted by Gasteiger charge is 2.21. The van der Waals surface area contributed by atoms with Crippen LogP contribution in [0.5, 0.6) is 11.5 Å². The summed E-state index contributed by atoms with van der Waals surface area (Å²) in [7, 11) is -3.86. The van der Waals surface area contributed by atoms with Crippen LogP contribution in [0.3, 0.4) is 0 Å². The predicted octanol–water partition coefficient (Wildman–Crippen LogP) is 4.37. The van der Waals surface area contributed by atoms with Crippen molar-refractivity contribution in [1.29, 1.82) is 0 Å². The molecule has 3 aromatic rings. The van der Waals surface area contributed by atoms with Crippen LogP contribution in [0, 0.1) is 13.8 Å². The number of carbonyl (C=O) groups is 1. The number of anilines is 1. The quantitative estimate of drug-likeness (QED) is 0.563. The Morgan fingerprint density at radius 2 is 1.61 bits per heavy atom. The van der Waals surface area contributed by atoms with Gasteiger partial charge in [0.2, 0.25) is 0 Å². The van der Waals surface area contributed by atoms with Crippen LogP contribution in [-0.2, 0) is 10.0 Å². The van der Waals surface area contributed by atoms with Crippen LogP contribution in [0.1, 0.15) is 40.0 Å². The van der Waals surface area contributed by atoms with Crippen LogP contribution in [0.4, 0.5) is 5.69 Å². The topological polar surface area (TPSA) is 93.7 Å². The number of aryl methyl sites for hydroxylation is 2. The summed E-state index contributed by atoms with van der Waals surface area (Å²) in [6.45, 7) is 6.47. The average molecular weight is 467 g/mol. The van der Waals surface area contributed by atoms with E-state index in [1.807, 2.05) is 44.2 Å². The third kappa shape index (κ3) is 5.12. The lowest BCUT2D eigenvalue weighted by Gasteiger charge is -2.21. The number of hydrogen-bond donors (Lipinski definition) is 2. The Morgan fingerprint density at radius 3 is 2.33 bits per heavy atom. The van der Waals surface area contributed by atoms with E-state index in [0.29, 0.717) is 36.0 Å². The first-order valence-electron chi connectivity index (χ1n) is 10.6. The third-order valence-corrected chi connectivity index (χ3v) is 6.98. The van der Waals surface area contributed by atoms with Gasteiger partial charge < -0.3 is 14.8 Å². The van der Waals surface area contributed by atoms with Gasteiger partial charge in [-0.15, -0.1) is 0 Å². The molecule has 0 bridgehead atoms. The normalized spacial score (nSPS) is 13.8. The number of rotatable bonds is 6. The fourth-order valence-corrected chi connectivity index (χ4v) is 4.89. The van der Waals surface area contributed by atoms with Gasteiger partial charge in [0, 0.05) is 11.3 Å². The van der Waals surface area contributed by atoms with Crippen LogP contribution in [0.25, 0.3) is 0 Å². The first-order valence-corrected chi connectivity index (χ1v) is 12.1. The van der Waals surface area contributed by atoms with Gasteiger partial charge in [0.1, 0.15) is 13.2 Å². The minimum absolute atomic E-state index is 0.0581. The fraction of sp³-hybridized carbons (Fsp3) is 0.240. The second-order valence-electron chi connectivity index (χ2n) is 8.05. The molecule has 7 nitrogen and oxygen atoms in total. The Balaban J connectivity index is 1.53. The molecule has 1 amide bonds. The highest BCUT2D eigenvalue weighted by Crippen LogP contribution is 2.32. The zero-order chi connectivity index (χ0) is 23.6. The SMILES string of the molecule is Cc1ccc(NS(=O)(=O)c2cc(C(=O)NC(C)c3ccc4c(c3)OCCO4)ccc2C)cc1. The van der Waals surface area contributed by atoms with Crippen molar-refractivity contribution in [2.75, 3.05) is 17.9 Å². The Hall–Kier alpha value is -3.52. The smallest absolute Gasteiger partial charge is 0.262 e. The molecule has 1 atom stereocenters. The van der Waals surface area contributed by atoms with Crippen molar-refractivity contribution in [1.82, 2.24) is 5.32 Å². The second-order valence-corrected chi connectivity index (χ2v) is 9.70. The standard InChI is InChI=1S/C25H26N2O5S/c1-16-4-9-21(10-5-16)27-33(29,30)24-15-20(7-6-17(24)2)25(28)26-18(3)19-8-11-22-23(14-19)32-13-12-31-22/h4-11,14-15,18,27H,12-13H2,1-3H3,(H,26,28). The highest BCUT2D eigenvalue weighted by molar-refractivity contribution is 7.92. The van der Waals surface area contributed by atoms with Gasteiger partial charge in [0.15, 0.2) is 11.5 Å². The summed E-state index contributed by atoms with van der Waals surface area (Å²) < 4.78 is 39.7. The molecule has 0 spiro atoms. The van der Waals surface area contributed by atoms with Gasteiger partial charge in [-0.05, 0) is 68.3 Å². The Morgan fingerprint density at radius 1 is 0.909 bits per heavy atom. The van der Waals surface area contributed by atoms with Crippen LogP contribution >= 0.6 is 0 Å². The maximum Gasteiger partial charge on any atom is 0.262 e. The highest BCUT2D eigenvalue weighted by atomic mass is 32.2. The zero-order valence-electron chi connectivity index (χ0n) is 18.7. The molecule has 0 radical (unpaired) electrons. The largest absolute Gasteiger partial charge is 0.486 e. The number of fused-ring (bicyclic) bond motifs is 1. The van der Waals surface area contributed by atoms with E-state index < -0.39 is 10.0 Å². The van der Waals surface area contributed by atoms with Crippen molar-refractivity contribution in [2.45, 2.75) is 31.7 Å². The molecule has 0 fully saturated rings. The van der Waals surface area contributed by atoms with E-state index in [2.05, 4.69) is 10.0 Å². The molecule has 1 aliphatic heterocycles. The number of sulfonamides is 1. The van der Waals surface area contributed by atoms with Gasteiger partial charge in [-0.3, -0.25) is 9.52 Å². The molecule has 33 heavy (non-hydrogen) atoms. The van der Waals surface area contributed by atoms with Crippen molar-refractivity contribution in [3.8, 4) is 11.5 Å². The van der Waals surface area contributed by atoms with Gasteiger partial charge in [-0.25, -0.2) is 8.42 Å². The molecule has 1 unspecified atom stereocenters. The number of ether oxygens (including phenoxy) is 2. The minimum atomic E-state index is -3.86. The van der Waals surface area contributed by atoms with Gasteiger partial charge in [-0.2, -0.15) is 0 Å². The van der Waals surface area contributed by atoms with E-state index in [1.54, 1.807) is 31.2 Å². The predicted molar refractivity (Wildman–Crippen MR) is 126 cm³/mol. The molecular formula is C25H26N2O5S. The molecule has 1 heterocycles. The van der Waals surface area contributed by atoms with Crippen LogP contribution in [0.15, 0.2) is 65.6 Å². The monoisotopic (exact) mass is 466 g/mol. The van der Waals surface area contributed by atoms with Crippen LogP contribution in [-0.4, -0.2) is 27.5 Å². The summed E-state index contributed by atoms with van der Waals surface area (Å²) in [6, 6.07) is 16.9. The maximum atomic E-state index is 13.0. The summed E-state index contributed by atoms with van der Waals surface area (Å²) in [6.07, 6.45) is 0.